The molecule has 21 heavy (non-hydrogen) atoms. The average molecular weight is 299 g/mol. The van der Waals surface area contributed by atoms with Gasteiger partial charge in [0.15, 0.2) is 0 Å². The molecule has 1 aliphatic carbocycles. The van der Waals surface area contributed by atoms with E-state index in [0.29, 0.717) is 6.54 Å². The first kappa shape index (κ1) is 14.5. The van der Waals surface area contributed by atoms with Gasteiger partial charge in [0.2, 0.25) is 0 Å². The summed E-state index contributed by atoms with van der Waals surface area (Å²) in [6, 6.07) is 12.6. The molecule has 2 aromatic rings. The fourth-order valence-electron chi connectivity index (χ4n) is 2.87. The molecule has 1 aliphatic rings. The van der Waals surface area contributed by atoms with Crippen LogP contribution in [0, 0.1) is 0 Å². The van der Waals surface area contributed by atoms with Gasteiger partial charge in [-0.1, -0.05) is 19.1 Å². The summed E-state index contributed by atoms with van der Waals surface area (Å²) in [4.78, 5) is 1.22. The second-order valence-electron chi connectivity index (χ2n) is 5.26. The van der Waals surface area contributed by atoms with Crippen LogP contribution in [0.2, 0.25) is 0 Å². The number of ether oxygens (including phenoxy) is 1. The topological polar surface area (TPSA) is 35.2 Å². The second-order valence-corrected chi connectivity index (χ2v) is 6.56. The first-order valence-electron chi connectivity index (χ1n) is 7.56. The molecule has 0 fully saturated rings. The number of hydrogen-bond donors (Lipinski definition) is 1. The van der Waals surface area contributed by atoms with E-state index in [1.807, 2.05) is 23.9 Å². The van der Waals surface area contributed by atoms with E-state index in [4.69, 9.17) is 10.5 Å². The van der Waals surface area contributed by atoms with Crippen LogP contribution in [0.1, 0.15) is 30.0 Å². The molecule has 0 aliphatic heterocycles. The third-order valence-corrected chi connectivity index (χ3v) is 4.87. The minimum atomic E-state index is 0.503. The predicted molar refractivity (Wildman–Crippen MR) is 89.3 cm³/mol. The first-order chi connectivity index (χ1) is 10.3. The summed E-state index contributed by atoms with van der Waals surface area (Å²) in [5.74, 6) is 2.84. The Morgan fingerprint density at radius 2 is 2.00 bits per heavy atom. The van der Waals surface area contributed by atoms with Crippen molar-refractivity contribution in [1.29, 1.82) is 0 Å². The van der Waals surface area contributed by atoms with Crippen LogP contribution in [0.25, 0.3) is 0 Å². The Kier molecular flexibility index (Phi) is 4.51. The van der Waals surface area contributed by atoms with Crippen LogP contribution < -0.4 is 10.5 Å². The third kappa shape index (κ3) is 3.09. The van der Waals surface area contributed by atoms with E-state index in [1.54, 1.807) is 0 Å². The summed E-state index contributed by atoms with van der Waals surface area (Å²) in [6.07, 6.45) is 3.63. The van der Waals surface area contributed by atoms with Crippen LogP contribution >= 0.6 is 11.8 Å². The molecule has 0 atom stereocenters. The van der Waals surface area contributed by atoms with Crippen LogP contribution in [0.5, 0.6) is 11.5 Å². The Balaban J connectivity index is 1.89. The lowest BCUT2D eigenvalue weighted by Gasteiger charge is -2.14. The number of benzene rings is 2. The van der Waals surface area contributed by atoms with Gasteiger partial charge in [-0.25, -0.2) is 0 Å². The summed E-state index contributed by atoms with van der Waals surface area (Å²) in [5, 5.41) is 0. The van der Waals surface area contributed by atoms with Crippen molar-refractivity contribution in [3.8, 4) is 11.5 Å². The zero-order chi connectivity index (χ0) is 14.7. The molecule has 0 heterocycles. The molecule has 0 aromatic heterocycles. The van der Waals surface area contributed by atoms with Crippen molar-refractivity contribution in [3.63, 3.8) is 0 Å². The zero-order valence-electron chi connectivity index (χ0n) is 12.4. The maximum Gasteiger partial charge on any atom is 0.133 e. The van der Waals surface area contributed by atoms with Crippen molar-refractivity contribution in [2.75, 3.05) is 5.75 Å². The van der Waals surface area contributed by atoms with E-state index in [9.17, 15) is 0 Å². The van der Waals surface area contributed by atoms with E-state index in [2.05, 4.69) is 31.2 Å². The van der Waals surface area contributed by atoms with Gasteiger partial charge in [-0.2, -0.15) is 0 Å². The largest absolute Gasteiger partial charge is 0.457 e. The van der Waals surface area contributed by atoms with E-state index < -0.39 is 0 Å². The van der Waals surface area contributed by atoms with Crippen molar-refractivity contribution in [1.82, 2.24) is 0 Å². The number of thioether (sulfide) groups is 1. The van der Waals surface area contributed by atoms with Crippen molar-refractivity contribution in [2.45, 2.75) is 37.6 Å². The summed E-state index contributed by atoms with van der Waals surface area (Å²) in [6.45, 7) is 2.66. The van der Waals surface area contributed by atoms with Crippen molar-refractivity contribution < 1.29 is 4.74 Å². The van der Waals surface area contributed by atoms with Crippen molar-refractivity contribution in [2.24, 2.45) is 5.73 Å². The summed E-state index contributed by atoms with van der Waals surface area (Å²) >= 11 is 1.81. The Bertz CT molecular complexity index is 639. The Hall–Kier alpha value is -1.45. The van der Waals surface area contributed by atoms with Gasteiger partial charge in [0.1, 0.15) is 11.5 Å². The first-order valence-corrected chi connectivity index (χ1v) is 8.54. The molecule has 3 heteroatoms. The molecular formula is C18H21NOS. The van der Waals surface area contributed by atoms with E-state index in [0.717, 1.165) is 22.8 Å². The number of hydrogen-bond acceptors (Lipinski definition) is 3. The quantitative estimate of drug-likeness (QED) is 0.823. The second kappa shape index (κ2) is 6.54. The molecule has 2 nitrogen and oxygen atoms in total. The molecule has 3 rings (SSSR count). The minimum Gasteiger partial charge on any atom is -0.457 e. The lowest BCUT2D eigenvalue weighted by Crippen LogP contribution is -2.02. The molecule has 0 saturated carbocycles. The SMILES string of the molecule is CCSc1cccc(Oc2ccc3c(c2)CCC3)c1CN. The average Bonchev–Trinajstić information content (AvgIpc) is 2.95. The maximum absolute atomic E-state index is 6.12. The Labute approximate surface area is 130 Å². The molecular weight excluding hydrogens is 278 g/mol. The lowest BCUT2D eigenvalue weighted by atomic mass is 10.1. The van der Waals surface area contributed by atoms with Crippen LogP contribution in [0.15, 0.2) is 41.3 Å². The number of rotatable bonds is 5. The van der Waals surface area contributed by atoms with Crippen molar-refractivity contribution in [3.05, 3.63) is 53.1 Å². The smallest absolute Gasteiger partial charge is 0.133 e. The van der Waals surface area contributed by atoms with Crippen LogP contribution in [-0.4, -0.2) is 5.75 Å². The molecule has 0 amide bonds. The van der Waals surface area contributed by atoms with E-state index in [1.165, 1.54) is 35.3 Å². The van der Waals surface area contributed by atoms with Gasteiger partial charge in [0.05, 0.1) is 0 Å². The number of nitrogens with two attached hydrogens (primary N) is 1. The highest BCUT2D eigenvalue weighted by Gasteiger charge is 2.13. The highest BCUT2D eigenvalue weighted by atomic mass is 32.2. The normalized spacial score (nSPS) is 13.2. The zero-order valence-corrected chi connectivity index (χ0v) is 13.2. The van der Waals surface area contributed by atoms with Gasteiger partial charge >= 0.3 is 0 Å². The fraction of sp³-hybridized carbons (Fsp3) is 0.333. The molecule has 0 spiro atoms. The van der Waals surface area contributed by atoms with Crippen LogP contribution in [0.3, 0.4) is 0 Å². The molecule has 0 radical (unpaired) electrons. The van der Waals surface area contributed by atoms with Gasteiger partial charge in [-0.05, 0) is 60.4 Å². The number of fused-ring (bicyclic) bond motifs is 1. The van der Waals surface area contributed by atoms with Gasteiger partial charge in [-0.15, -0.1) is 11.8 Å². The van der Waals surface area contributed by atoms with Gasteiger partial charge < -0.3 is 10.5 Å². The minimum absolute atomic E-state index is 0.503. The monoisotopic (exact) mass is 299 g/mol. The summed E-state index contributed by atoms with van der Waals surface area (Å²) in [7, 11) is 0. The molecule has 2 N–H and O–H groups in total. The molecule has 0 unspecified atom stereocenters. The highest BCUT2D eigenvalue weighted by Crippen LogP contribution is 2.34. The summed E-state index contributed by atoms with van der Waals surface area (Å²) in [5.41, 5.74) is 9.93. The molecule has 0 bridgehead atoms. The molecule has 2 aromatic carbocycles. The highest BCUT2D eigenvalue weighted by molar-refractivity contribution is 7.99. The summed E-state index contributed by atoms with van der Waals surface area (Å²) < 4.78 is 6.12. The predicted octanol–water partition coefficient (Wildman–Crippen LogP) is 4.54. The Morgan fingerprint density at radius 3 is 2.81 bits per heavy atom. The molecule has 110 valence electrons. The van der Waals surface area contributed by atoms with Gasteiger partial charge in [-0.3, -0.25) is 0 Å². The van der Waals surface area contributed by atoms with Gasteiger partial charge in [0.25, 0.3) is 0 Å². The number of aryl methyl sites for hydroxylation is 2. The standard InChI is InChI=1S/C18H21NOS/c1-2-21-18-8-4-7-17(16(18)12-19)20-15-10-9-13-5-3-6-14(13)11-15/h4,7-11H,2-3,5-6,12,19H2,1H3. The van der Waals surface area contributed by atoms with Gasteiger partial charge in [0, 0.05) is 17.0 Å². The van der Waals surface area contributed by atoms with E-state index in [-0.39, 0.29) is 0 Å². The maximum atomic E-state index is 6.12. The Morgan fingerprint density at radius 1 is 1.14 bits per heavy atom. The third-order valence-electron chi connectivity index (χ3n) is 3.89. The van der Waals surface area contributed by atoms with Crippen LogP contribution in [-0.2, 0) is 19.4 Å². The fourth-order valence-corrected chi connectivity index (χ4v) is 3.72. The van der Waals surface area contributed by atoms with Crippen molar-refractivity contribution >= 4 is 11.8 Å². The van der Waals surface area contributed by atoms with E-state index >= 15 is 0 Å². The lowest BCUT2D eigenvalue weighted by molar-refractivity contribution is 0.473. The van der Waals surface area contributed by atoms with Crippen LogP contribution in [0.4, 0.5) is 0 Å². The molecule has 0 saturated heterocycles.